The lowest BCUT2D eigenvalue weighted by atomic mass is 9.88. The average Bonchev–Trinajstić information content (AvgIpc) is 3.40. The monoisotopic (exact) mass is 437 g/mol. The number of hydrogen-bond donors (Lipinski definition) is 2. The summed E-state index contributed by atoms with van der Waals surface area (Å²) in [5, 5.41) is 4.81. The van der Waals surface area contributed by atoms with Gasteiger partial charge in [0.1, 0.15) is 4.83 Å². The molecule has 3 aromatic heterocycles. The summed E-state index contributed by atoms with van der Waals surface area (Å²) in [5.74, 6) is 0.565. The van der Waals surface area contributed by atoms with Gasteiger partial charge in [0.25, 0.3) is 0 Å². The van der Waals surface area contributed by atoms with Crippen LogP contribution in [0.3, 0.4) is 0 Å². The topological polar surface area (TPSA) is 67.1 Å². The second-order valence-electron chi connectivity index (χ2n) is 8.05. The number of aromatic nitrogens is 2. The van der Waals surface area contributed by atoms with E-state index in [0.717, 1.165) is 41.2 Å². The van der Waals surface area contributed by atoms with E-state index in [2.05, 4.69) is 57.4 Å². The first-order chi connectivity index (χ1) is 14.7. The van der Waals surface area contributed by atoms with Gasteiger partial charge in [-0.3, -0.25) is 4.90 Å². The van der Waals surface area contributed by atoms with Gasteiger partial charge in [-0.15, -0.1) is 22.7 Å². The summed E-state index contributed by atoms with van der Waals surface area (Å²) in [7, 11) is 0. The van der Waals surface area contributed by atoms with Crippen molar-refractivity contribution in [2.75, 3.05) is 25.0 Å². The van der Waals surface area contributed by atoms with Gasteiger partial charge >= 0.3 is 0 Å². The Bertz CT molecular complexity index is 1150. The average molecular weight is 438 g/mol. The molecule has 0 radical (unpaired) electrons. The van der Waals surface area contributed by atoms with Crippen molar-refractivity contribution in [2.45, 2.75) is 38.1 Å². The molecule has 30 heavy (non-hydrogen) atoms. The van der Waals surface area contributed by atoms with Crippen LogP contribution in [0.1, 0.15) is 37.0 Å². The number of nitrogens with two attached hydrogens (primary N) is 1. The van der Waals surface area contributed by atoms with Gasteiger partial charge in [0.05, 0.1) is 21.4 Å². The second kappa shape index (κ2) is 8.59. The van der Waals surface area contributed by atoms with Gasteiger partial charge in [0, 0.05) is 34.1 Å². The largest absolute Gasteiger partial charge is 0.355 e. The fourth-order valence-electron chi connectivity index (χ4n) is 4.54. The van der Waals surface area contributed by atoms with E-state index in [4.69, 9.17) is 5.73 Å². The number of thiophene rings is 1. The molecule has 1 aliphatic heterocycles. The van der Waals surface area contributed by atoms with Crippen LogP contribution in [0, 0.1) is 0 Å². The molecule has 5 nitrogen and oxygen atoms in total. The molecule has 1 aromatic carbocycles. The quantitative estimate of drug-likeness (QED) is 0.413. The highest BCUT2D eigenvalue weighted by atomic mass is 32.1. The number of hydrogen-bond acceptors (Lipinski definition) is 7. The zero-order valence-electron chi connectivity index (χ0n) is 17.2. The van der Waals surface area contributed by atoms with Crippen molar-refractivity contribution in [1.29, 1.82) is 0 Å². The van der Waals surface area contributed by atoms with Crippen LogP contribution < -0.4 is 11.1 Å². The number of nitrogens with zero attached hydrogens (tertiary/aromatic N) is 3. The first-order valence-electron chi connectivity index (χ1n) is 10.7. The van der Waals surface area contributed by atoms with Crippen LogP contribution in [0.4, 0.5) is 11.4 Å². The number of nitrogens with one attached hydrogen (secondary N) is 1. The summed E-state index contributed by atoms with van der Waals surface area (Å²) in [6, 6.07) is 11.4. The van der Waals surface area contributed by atoms with Gasteiger partial charge in [-0.1, -0.05) is 0 Å². The van der Waals surface area contributed by atoms with E-state index < -0.39 is 0 Å². The van der Waals surface area contributed by atoms with Gasteiger partial charge in [0.2, 0.25) is 0 Å². The molecule has 2 atom stereocenters. The van der Waals surface area contributed by atoms with E-state index in [0.29, 0.717) is 12.0 Å². The molecule has 5 rings (SSSR count). The summed E-state index contributed by atoms with van der Waals surface area (Å²) >= 11 is 3.52. The maximum absolute atomic E-state index is 5.75. The molecule has 0 amide bonds. The van der Waals surface area contributed by atoms with Gasteiger partial charge in [-0.2, -0.15) is 0 Å². The molecule has 0 bridgehead atoms. The molecule has 4 aromatic rings. The van der Waals surface area contributed by atoms with Crippen molar-refractivity contribution in [1.82, 2.24) is 14.9 Å². The van der Waals surface area contributed by atoms with Crippen molar-refractivity contribution in [2.24, 2.45) is 5.73 Å². The first kappa shape index (κ1) is 19.9. The van der Waals surface area contributed by atoms with E-state index in [1.54, 1.807) is 11.3 Å². The lowest BCUT2D eigenvalue weighted by molar-refractivity contribution is 0.139. The maximum atomic E-state index is 5.75. The second-order valence-corrected chi connectivity index (χ2v) is 10.0. The molecule has 0 spiro atoms. The summed E-state index contributed by atoms with van der Waals surface area (Å²) in [6.07, 6.45) is 5.48. The maximum Gasteiger partial charge on any atom is 0.125 e. The van der Waals surface area contributed by atoms with Crippen LogP contribution in [0.15, 0.2) is 42.0 Å². The molecular formula is C23H27N5S2. The van der Waals surface area contributed by atoms with Crippen molar-refractivity contribution >= 4 is 54.5 Å². The van der Waals surface area contributed by atoms with Gasteiger partial charge in [0.15, 0.2) is 0 Å². The van der Waals surface area contributed by atoms with Crippen LogP contribution in [0.25, 0.3) is 20.4 Å². The minimum atomic E-state index is 0.543. The zero-order valence-corrected chi connectivity index (χ0v) is 18.8. The highest BCUT2D eigenvalue weighted by molar-refractivity contribution is 7.18. The molecule has 3 N–H and O–H groups in total. The molecular weight excluding hydrogens is 410 g/mol. The number of rotatable bonds is 6. The molecule has 1 aliphatic rings. The predicted molar refractivity (Wildman–Crippen MR) is 129 cm³/mol. The number of anilines is 2. The highest BCUT2D eigenvalue weighted by Gasteiger charge is 2.30. The fraction of sp³-hybridized carbons (Fsp3) is 0.391. The standard InChI is InChI=1S/C23H27N5S2/c1-15-17(4-2-10-28(15)11-3-8-24)22-13-18-19(7-9-25-23(18)30-22)27-16-5-6-21-20(12-16)26-14-29-21/h5-7,9,12-15,17H,2-4,8,10-11,24H2,1H3,(H,25,27). The van der Waals surface area contributed by atoms with Crippen molar-refractivity contribution in [3.63, 3.8) is 0 Å². The minimum Gasteiger partial charge on any atom is -0.355 e. The molecule has 156 valence electrons. The van der Waals surface area contributed by atoms with Crippen LogP contribution >= 0.6 is 22.7 Å². The van der Waals surface area contributed by atoms with Crippen molar-refractivity contribution < 1.29 is 0 Å². The molecule has 7 heteroatoms. The number of thiazole rings is 1. The molecule has 1 saturated heterocycles. The lowest BCUT2D eigenvalue weighted by Crippen LogP contribution is -2.42. The highest BCUT2D eigenvalue weighted by Crippen LogP contribution is 2.40. The fourth-order valence-corrected chi connectivity index (χ4v) is 6.46. The summed E-state index contributed by atoms with van der Waals surface area (Å²) in [6.45, 7) is 5.43. The van der Waals surface area contributed by atoms with E-state index in [-0.39, 0.29) is 0 Å². The summed E-state index contributed by atoms with van der Waals surface area (Å²) < 4.78 is 1.21. The Morgan fingerprint density at radius 1 is 1.23 bits per heavy atom. The third-order valence-electron chi connectivity index (χ3n) is 6.20. The lowest BCUT2D eigenvalue weighted by Gasteiger charge is -2.39. The Morgan fingerprint density at radius 2 is 2.17 bits per heavy atom. The van der Waals surface area contributed by atoms with Crippen LogP contribution in [0.2, 0.25) is 0 Å². The Kier molecular flexibility index (Phi) is 5.69. The molecule has 0 saturated carbocycles. The number of piperidine rings is 1. The number of pyridine rings is 1. The van der Waals surface area contributed by atoms with Gasteiger partial charge in [-0.05, 0) is 76.2 Å². The van der Waals surface area contributed by atoms with E-state index >= 15 is 0 Å². The Labute approximate surface area is 185 Å². The van der Waals surface area contributed by atoms with Crippen LogP contribution in [-0.4, -0.2) is 40.5 Å². The number of fused-ring (bicyclic) bond motifs is 2. The smallest absolute Gasteiger partial charge is 0.125 e. The van der Waals surface area contributed by atoms with Gasteiger partial charge < -0.3 is 11.1 Å². The van der Waals surface area contributed by atoms with E-state index in [1.807, 2.05) is 23.0 Å². The SMILES string of the molecule is CC1C(c2cc3c(Nc4ccc5scnc5c4)ccnc3s2)CCCN1CCCN. The van der Waals surface area contributed by atoms with Crippen molar-refractivity contribution in [3.05, 3.63) is 46.9 Å². The minimum absolute atomic E-state index is 0.543. The molecule has 2 unspecified atom stereocenters. The number of benzene rings is 1. The van der Waals surface area contributed by atoms with Crippen LogP contribution in [-0.2, 0) is 0 Å². The first-order valence-corrected chi connectivity index (χ1v) is 12.4. The third kappa shape index (κ3) is 3.83. The number of likely N-dealkylation sites (tertiary alicyclic amines) is 1. The normalized spacial score (nSPS) is 20.2. The summed E-state index contributed by atoms with van der Waals surface area (Å²) in [5.41, 5.74) is 10.9. The zero-order chi connectivity index (χ0) is 20.5. The van der Waals surface area contributed by atoms with E-state index in [9.17, 15) is 0 Å². The Balaban J connectivity index is 1.43. The molecule has 0 aliphatic carbocycles. The summed E-state index contributed by atoms with van der Waals surface area (Å²) in [4.78, 5) is 14.3. The van der Waals surface area contributed by atoms with Crippen LogP contribution in [0.5, 0.6) is 0 Å². The Hall–Kier alpha value is -2.06. The van der Waals surface area contributed by atoms with E-state index in [1.165, 1.54) is 34.3 Å². The predicted octanol–water partition coefficient (Wildman–Crippen LogP) is 5.57. The Morgan fingerprint density at radius 3 is 3.07 bits per heavy atom. The van der Waals surface area contributed by atoms with Gasteiger partial charge in [-0.25, -0.2) is 9.97 Å². The molecule has 4 heterocycles. The van der Waals surface area contributed by atoms with Crippen molar-refractivity contribution in [3.8, 4) is 0 Å². The molecule has 1 fully saturated rings. The third-order valence-corrected chi connectivity index (χ3v) is 8.18.